The third-order valence-electron chi connectivity index (χ3n) is 3.08. The molecule has 0 aliphatic rings. The van der Waals surface area contributed by atoms with E-state index in [-0.39, 0.29) is 11.9 Å². The molecule has 0 spiro atoms. The number of aryl methyl sites for hydroxylation is 2. The van der Waals surface area contributed by atoms with Crippen molar-refractivity contribution in [3.05, 3.63) is 55.4 Å². The Morgan fingerprint density at radius 2 is 2.05 bits per heavy atom. The Morgan fingerprint density at radius 3 is 2.58 bits per heavy atom. The highest BCUT2D eigenvalue weighted by Crippen LogP contribution is 2.32. The number of benzene rings is 1. The Balaban J connectivity index is 2.44. The van der Waals surface area contributed by atoms with Crippen LogP contribution in [0.1, 0.15) is 33.8 Å². The summed E-state index contributed by atoms with van der Waals surface area (Å²) in [6, 6.07) is 7.55. The molecular weight excluding hydrogens is 325 g/mol. The third-order valence-corrected chi connectivity index (χ3v) is 4.67. The molecule has 1 atom stereocenters. The summed E-state index contributed by atoms with van der Waals surface area (Å²) in [5.74, 6) is -0.225. The lowest BCUT2D eigenvalue weighted by atomic mass is 9.99. The van der Waals surface area contributed by atoms with E-state index in [2.05, 4.69) is 48.1 Å². The van der Waals surface area contributed by atoms with Gasteiger partial charge in [0.15, 0.2) is 0 Å². The molecule has 1 unspecified atom stereocenters. The number of rotatable bonds is 4. The van der Waals surface area contributed by atoms with E-state index in [9.17, 15) is 4.39 Å². The van der Waals surface area contributed by atoms with Gasteiger partial charge in [-0.05, 0) is 65.6 Å². The van der Waals surface area contributed by atoms with Crippen molar-refractivity contribution in [3.63, 3.8) is 0 Å². The van der Waals surface area contributed by atoms with Crippen LogP contribution in [0.3, 0.4) is 0 Å². The van der Waals surface area contributed by atoms with E-state index in [1.807, 2.05) is 12.1 Å². The number of nitrogens with one attached hydrogen (secondary N) is 1. The Morgan fingerprint density at radius 1 is 1.32 bits per heavy atom. The summed E-state index contributed by atoms with van der Waals surface area (Å²) in [4.78, 5) is 2.61. The van der Waals surface area contributed by atoms with Gasteiger partial charge in [0.25, 0.3) is 0 Å². The van der Waals surface area contributed by atoms with Gasteiger partial charge in [-0.1, -0.05) is 13.0 Å². The second kappa shape index (κ2) is 6.16. The fourth-order valence-corrected chi connectivity index (χ4v) is 3.60. The van der Waals surface area contributed by atoms with Crippen molar-refractivity contribution < 1.29 is 4.39 Å². The highest BCUT2D eigenvalue weighted by molar-refractivity contribution is 9.10. The SMILES string of the molecule is CCNC(c1ccc(F)c(Br)c1)c1cc(C)sc1C. The van der Waals surface area contributed by atoms with E-state index < -0.39 is 0 Å². The molecule has 19 heavy (non-hydrogen) atoms. The largest absolute Gasteiger partial charge is 0.306 e. The smallest absolute Gasteiger partial charge is 0.137 e. The number of hydrogen-bond acceptors (Lipinski definition) is 2. The zero-order valence-corrected chi connectivity index (χ0v) is 13.7. The van der Waals surface area contributed by atoms with Gasteiger partial charge in [0, 0.05) is 9.75 Å². The molecule has 0 radical (unpaired) electrons. The zero-order chi connectivity index (χ0) is 14.0. The second-order valence-electron chi connectivity index (χ2n) is 4.53. The Kier molecular flexibility index (Phi) is 4.76. The first-order valence-electron chi connectivity index (χ1n) is 6.28. The fraction of sp³-hybridized carbons (Fsp3) is 0.333. The maximum absolute atomic E-state index is 13.4. The minimum atomic E-state index is -0.225. The van der Waals surface area contributed by atoms with Crippen molar-refractivity contribution in [1.82, 2.24) is 5.32 Å². The minimum Gasteiger partial charge on any atom is -0.306 e. The van der Waals surface area contributed by atoms with Crippen molar-refractivity contribution in [2.75, 3.05) is 6.54 Å². The monoisotopic (exact) mass is 341 g/mol. The molecule has 4 heteroatoms. The average Bonchev–Trinajstić information content (AvgIpc) is 2.69. The maximum atomic E-state index is 13.4. The number of halogens is 2. The maximum Gasteiger partial charge on any atom is 0.137 e. The molecule has 0 bridgehead atoms. The topological polar surface area (TPSA) is 12.0 Å². The molecule has 0 aliphatic carbocycles. The molecule has 2 rings (SSSR count). The minimum absolute atomic E-state index is 0.117. The van der Waals surface area contributed by atoms with Gasteiger partial charge in [-0.2, -0.15) is 0 Å². The molecule has 0 saturated heterocycles. The first kappa shape index (κ1) is 14.7. The first-order chi connectivity index (χ1) is 9.02. The van der Waals surface area contributed by atoms with Crippen LogP contribution in [0.2, 0.25) is 0 Å². The Bertz CT molecular complexity index is 580. The lowest BCUT2D eigenvalue weighted by Crippen LogP contribution is -2.22. The molecule has 1 aromatic carbocycles. The third kappa shape index (κ3) is 3.25. The van der Waals surface area contributed by atoms with E-state index in [1.54, 1.807) is 11.3 Å². The molecule has 2 aromatic rings. The van der Waals surface area contributed by atoms with Crippen LogP contribution >= 0.6 is 27.3 Å². The number of hydrogen-bond donors (Lipinski definition) is 1. The summed E-state index contributed by atoms with van der Waals surface area (Å²) in [7, 11) is 0. The van der Waals surface area contributed by atoms with Crippen LogP contribution in [0.15, 0.2) is 28.7 Å². The molecule has 1 nitrogen and oxygen atoms in total. The van der Waals surface area contributed by atoms with Gasteiger partial charge in [0.1, 0.15) is 5.82 Å². The predicted octanol–water partition coefficient (Wildman–Crippen LogP) is 4.97. The normalized spacial score (nSPS) is 12.7. The highest BCUT2D eigenvalue weighted by Gasteiger charge is 2.18. The van der Waals surface area contributed by atoms with Gasteiger partial charge >= 0.3 is 0 Å². The molecule has 0 aliphatic heterocycles. The quantitative estimate of drug-likeness (QED) is 0.828. The summed E-state index contributed by atoms with van der Waals surface area (Å²) >= 11 is 5.06. The van der Waals surface area contributed by atoms with Crippen LogP contribution in [-0.4, -0.2) is 6.54 Å². The van der Waals surface area contributed by atoms with Gasteiger partial charge in [0.05, 0.1) is 10.5 Å². The Hall–Kier alpha value is -0.710. The summed E-state index contributed by atoms with van der Waals surface area (Å²) in [6.07, 6.45) is 0. The molecule has 1 aromatic heterocycles. The molecule has 1 N–H and O–H groups in total. The Labute approximate surface area is 126 Å². The van der Waals surface area contributed by atoms with Crippen LogP contribution < -0.4 is 5.32 Å². The van der Waals surface area contributed by atoms with Crippen LogP contribution in [0.4, 0.5) is 4.39 Å². The summed E-state index contributed by atoms with van der Waals surface area (Å²) in [6.45, 7) is 7.20. The van der Waals surface area contributed by atoms with Crippen molar-refractivity contribution in [2.24, 2.45) is 0 Å². The van der Waals surface area contributed by atoms with Crippen LogP contribution in [0.25, 0.3) is 0 Å². The molecular formula is C15H17BrFNS. The number of thiophene rings is 1. The van der Waals surface area contributed by atoms with Crippen LogP contribution in [0, 0.1) is 19.7 Å². The van der Waals surface area contributed by atoms with Crippen LogP contribution in [0.5, 0.6) is 0 Å². The molecule has 0 fully saturated rings. The average molecular weight is 342 g/mol. The van der Waals surface area contributed by atoms with Gasteiger partial charge in [-0.3, -0.25) is 0 Å². The van der Waals surface area contributed by atoms with Gasteiger partial charge in [-0.15, -0.1) is 11.3 Å². The van der Waals surface area contributed by atoms with Crippen LogP contribution in [-0.2, 0) is 0 Å². The van der Waals surface area contributed by atoms with Crippen molar-refractivity contribution >= 4 is 27.3 Å². The standard InChI is InChI=1S/C15H17BrFNS/c1-4-18-15(12-7-9(2)19-10(12)3)11-5-6-14(17)13(16)8-11/h5-8,15,18H,4H2,1-3H3. The van der Waals surface area contributed by atoms with Crippen molar-refractivity contribution in [1.29, 1.82) is 0 Å². The summed E-state index contributed by atoms with van der Waals surface area (Å²) < 4.78 is 13.9. The molecule has 0 saturated carbocycles. The van der Waals surface area contributed by atoms with E-state index in [0.717, 1.165) is 12.1 Å². The zero-order valence-electron chi connectivity index (χ0n) is 11.3. The van der Waals surface area contributed by atoms with Gasteiger partial charge in [-0.25, -0.2) is 4.39 Å². The lowest BCUT2D eigenvalue weighted by Gasteiger charge is -2.19. The molecule has 1 heterocycles. The van der Waals surface area contributed by atoms with Gasteiger partial charge in [0.2, 0.25) is 0 Å². The van der Waals surface area contributed by atoms with E-state index >= 15 is 0 Å². The molecule has 0 amide bonds. The lowest BCUT2D eigenvalue weighted by molar-refractivity contribution is 0.608. The van der Waals surface area contributed by atoms with Crippen molar-refractivity contribution in [2.45, 2.75) is 26.8 Å². The van der Waals surface area contributed by atoms with Crippen molar-refractivity contribution in [3.8, 4) is 0 Å². The van der Waals surface area contributed by atoms with E-state index in [4.69, 9.17) is 0 Å². The molecule has 102 valence electrons. The first-order valence-corrected chi connectivity index (χ1v) is 7.89. The second-order valence-corrected chi connectivity index (χ2v) is 6.85. The summed E-state index contributed by atoms with van der Waals surface area (Å²) in [5.41, 5.74) is 2.36. The van der Waals surface area contributed by atoms with Gasteiger partial charge < -0.3 is 5.32 Å². The van der Waals surface area contributed by atoms with E-state index in [0.29, 0.717) is 4.47 Å². The summed E-state index contributed by atoms with van der Waals surface area (Å²) in [5, 5.41) is 3.48. The fourth-order valence-electron chi connectivity index (χ4n) is 2.24. The highest BCUT2D eigenvalue weighted by atomic mass is 79.9. The van der Waals surface area contributed by atoms with E-state index in [1.165, 1.54) is 21.4 Å². The predicted molar refractivity (Wildman–Crippen MR) is 83.4 cm³/mol.